The molecule has 2 heterocycles. The van der Waals surface area contributed by atoms with Crippen molar-refractivity contribution in [1.29, 1.82) is 0 Å². The van der Waals surface area contributed by atoms with Crippen molar-refractivity contribution >= 4 is 11.7 Å². The minimum absolute atomic E-state index is 0.0427. The number of amidine groups is 1. The maximum atomic E-state index is 12.3. The molecule has 1 aliphatic heterocycles. The van der Waals surface area contributed by atoms with E-state index in [0.29, 0.717) is 18.5 Å². The number of nitrogens with zero attached hydrogens (tertiary/aromatic N) is 4. The van der Waals surface area contributed by atoms with Crippen LogP contribution in [0.1, 0.15) is 23.3 Å². The predicted octanol–water partition coefficient (Wildman–Crippen LogP) is -0.639. The van der Waals surface area contributed by atoms with Crippen LogP contribution in [0.3, 0.4) is 0 Å². The number of nitrogens with one attached hydrogen (secondary N) is 1. The number of rotatable bonds is 3. The molecule has 8 heteroatoms. The summed E-state index contributed by atoms with van der Waals surface area (Å²) in [4.78, 5) is 14.5. The lowest BCUT2D eigenvalue weighted by Crippen LogP contribution is -2.62. The molecule has 1 amide bonds. The van der Waals surface area contributed by atoms with Crippen molar-refractivity contribution in [3.8, 4) is 0 Å². The molecule has 0 bridgehead atoms. The fraction of sp³-hybridized carbons (Fsp3) is 0.583. The monoisotopic (exact) mass is 280 g/mol. The van der Waals surface area contributed by atoms with Gasteiger partial charge in [-0.2, -0.15) is 5.10 Å². The molecule has 4 N–H and O–H groups in total. The van der Waals surface area contributed by atoms with Crippen LogP contribution in [0, 0.1) is 0 Å². The summed E-state index contributed by atoms with van der Waals surface area (Å²) in [6.07, 6.45) is 2.76. The second kappa shape index (κ2) is 5.49. The van der Waals surface area contributed by atoms with E-state index in [4.69, 9.17) is 10.9 Å². The van der Waals surface area contributed by atoms with Gasteiger partial charge in [0.25, 0.3) is 5.91 Å². The quantitative estimate of drug-likeness (QED) is 0.295. The fourth-order valence-corrected chi connectivity index (χ4v) is 2.42. The van der Waals surface area contributed by atoms with Crippen LogP contribution in [-0.2, 0) is 7.05 Å². The molecule has 0 aromatic carbocycles. The van der Waals surface area contributed by atoms with E-state index in [-0.39, 0.29) is 11.7 Å². The Bertz CT molecular complexity index is 516. The summed E-state index contributed by atoms with van der Waals surface area (Å²) >= 11 is 0. The lowest BCUT2D eigenvalue weighted by molar-refractivity contribution is 0.0876. The number of hydrogen-bond acceptors (Lipinski definition) is 5. The number of amides is 1. The molecule has 0 spiro atoms. The maximum absolute atomic E-state index is 12.3. The predicted molar refractivity (Wildman–Crippen MR) is 73.5 cm³/mol. The molecular weight excluding hydrogens is 260 g/mol. The Morgan fingerprint density at radius 2 is 2.15 bits per heavy atom. The molecule has 0 saturated carbocycles. The molecule has 20 heavy (non-hydrogen) atoms. The van der Waals surface area contributed by atoms with Crippen molar-refractivity contribution in [2.24, 2.45) is 17.9 Å². The molecule has 2 rings (SSSR count). The van der Waals surface area contributed by atoms with Gasteiger partial charge in [-0.15, -0.1) is 0 Å². The second-order valence-electron chi connectivity index (χ2n) is 5.16. The van der Waals surface area contributed by atoms with Gasteiger partial charge in [0, 0.05) is 26.3 Å². The number of hydrogen-bond donors (Lipinski definition) is 3. The van der Waals surface area contributed by atoms with Crippen LogP contribution in [0.5, 0.6) is 0 Å². The van der Waals surface area contributed by atoms with Crippen LogP contribution in [0.2, 0.25) is 0 Å². The number of aromatic nitrogens is 2. The number of likely N-dealkylation sites (tertiary alicyclic amines) is 1. The molecule has 0 aliphatic carbocycles. The molecule has 0 unspecified atom stereocenters. The van der Waals surface area contributed by atoms with Gasteiger partial charge < -0.3 is 21.2 Å². The highest BCUT2D eigenvalue weighted by molar-refractivity contribution is 5.99. The average Bonchev–Trinajstić information content (AvgIpc) is 2.87. The van der Waals surface area contributed by atoms with Crippen molar-refractivity contribution in [1.82, 2.24) is 20.0 Å². The second-order valence-corrected chi connectivity index (χ2v) is 5.16. The van der Waals surface area contributed by atoms with Gasteiger partial charge in [-0.3, -0.25) is 9.48 Å². The minimum Gasteiger partial charge on any atom is -0.409 e. The Hall–Kier alpha value is -2.09. The highest BCUT2D eigenvalue weighted by Gasteiger charge is 2.40. The van der Waals surface area contributed by atoms with Crippen molar-refractivity contribution in [3.63, 3.8) is 0 Å². The standard InChI is InChI=1S/C12H20N6O2/c1-17-7-4-12(5-8-17,11(13)16-20)15-10(19)9-3-6-14-18(9)2/h3,6,20H,4-5,7-8H2,1-2H3,(H2,13,16)(H,15,19). The molecule has 8 nitrogen and oxygen atoms in total. The van der Waals surface area contributed by atoms with Crippen molar-refractivity contribution < 1.29 is 10.0 Å². The third-order valence-corrected chi connectivity index (χ3v) is 3.85. The van der Waals surface area contributed by atoms with Gasteiger partial charge in [0.15, 0.2) is 5.84 Å². The highest BCUT2D eigenvalue weighted by Crippen LogP contribution is 2.22. The van der Waals surface area contributed by atoms with E-state index in [1.165, 1.54) is 4.68 Å². The topological polar surface area (TPSA) is 109 Å². The summed E-state index contributed by atoms with van der Waals surface area (Å²) in [5, 5.41) is 19.0. The number of oxime groups is 1. The largest absolute Gasteiger partial charge is 0.409 e. The number of piperidine rings is 1. The first kappa shape index (κ1) is 14.3. The summed E-state index contributed by atoms with van der Waals surface area (Å²) in [5.74, 6) is -0.234. The van der Waals surface area contributed by atoms with Crippen LogP contribution in [0.15, 0.2) is 17.4 Å². The normalized spacial score (nSPS) is 19.8. The zero-order valence-corrected chi connectivity index (χ0v) is 11.7. The maximum Gasteiger partial charge on any atom is 0.270 e. The molecular formula is C12H20N6O2. The number of aryl methyl sites for hydroxylation is 1. The van der Waals surface area contributed by atoms with E-state index in [1.807, 2.05) is 7.05 Å². The van der Waals surface area contributed by atoms with Crippen LogP contribution >= 0.6 is 0 Å². The molecule has 1 fully saturated rings. The van der Waals surface area contributed by atoms with Gasteiger partial charge in [0.1, 0.15) is 11.2 Å². The van der Waals surface area contributed by atoms with Gasteiger partial charge in [0.2, 0.25) is 0 Å². The summed E-state index contributed by atoms with van der Waals surface area (Å²) in [6, 6.07) is 1.63. The molecule has 1 saturated heterocycles. The molecule has 1 aromatic rings. The summed E-state index contributed by atoms with van der Waals surface area (Å²) in [7, 11) is 3.69. The Balaban J connectivity index is 2.21. The van der Waals surface area contributed by atoms with E-state index >= 15 is 0 Å². The summed E-state index contributed by atoms with van der Waals surface area (Å²) in [5.41, 5.74) is 5.45. The van der Waals surface area contributed by atoms with Gasteiger partial charge in [-0.1, -0.05) is 5.16 Å². The molecule has 0 atom stereocenters. The summed E-state index contributed by atoms with van der Waals surface area (Å²) in [6.45, 7) is 1.53. The van der Waals surface area contributed by atoms with E-state index in [9.17, 15) is 4.79 Å². The van der Waals surface area contributed by atoms with Crippen LogP contribution in [-0.4, -0.2) is 57.3 Å². The fourth-order valence-electron chi connectivity index (χ4n) is 2.42. The first-order valence-electron chi connectivity index (χ1n) is 6.45. The SMILES string of the molecule is CN1CCC(NC(=O)c2ccnn2C)(C(N)=NO)CC1. The Labute approximate surface area is 117 Å². The zero-order chi connectivity index (χ0) is 14.8. The van der Waals surface area contributed by atoms with Crippen LogP contribution < -0.4 is 11.1 Å². The van der Waals surface area contributed by atoms with Gasteiger partial charge in [-0.25, -0.2) is 0 Å². The Morgan fingerprint density at radius 3 is 2.65 bits per heavy atom. The zero-order valence-electron chi connectivity index (χ0n) is 11.7. The first-order chi connectivity index (χ1) is 9.48. The van der Waals surface area contributed by atoms with Gasteiger partial charge >= 0.3 is 0 Å². The molecule has 110 valence electrons. The van der Waals surface area contributed by atoms with Crippen molar-refractivity contribution in [2.45, 2.75) is 18.4 Å². The highest BCUT2D eigenvalue weighted by atomic mass is 16.4. The van der Waals surface area contributed by atoms with Gasteiger partial charge in [-0.05, 0) is 26.0 Å². The Morgan fingerprint density at radius 1 is 1.50 bits per heavy atom. The number of carbonyl (C=O) groups excluding carboxylic acids is 1. The third kappa shape index (κ3) is 2.60. The van der Waals surface area contributed by atoms with Crippen molar-refractivity contribution in [3.05, 3.63) is 18.0 Å². The van der Waals surface area contributed by atoms with E-state index < -0.39 is 5.54 Å². The van der Waals surface area contributed by atoms with Crippen LogP contribution in [0.25, 0.3) is 0 Å². The first-order valence-corrected chi connectivity index (χ1v) is 6.45. The summed E-state index contributed by atoms with van der Waals surface area (Å²) < 4.78 is 1.49. The number of nitrogens with two attached hydrogens (primary N) is 1. The van der Waals surface area contributed by atoms with E-state index in [2.05, 4.69) is 20.5 Å². The Kier molecular flexibility index (Phi) is 3.93. The molecule has 0 radical (unpaired) electrons. The number of carbonyl (C=O) groups is 1. The van der Waals surface area contributed by atoms with Crippen LogP contribution in [0.4, 0.5) is 0 Å². The minimum atomic E-state index is -0.803. The average molecular weight is 280 g/mol. The molecule has 1 aromatic heterocycles. The van der Waals surface area contributed by atoms with Gasteiger partial charge in [0.05, 0.1) is 0 Å². The smallest absolute Gasteiger partial charge is 0.270 e. The van der Waals surface area contributed by atoms with E-state index in [0.717, 1.165) is 13.1 Å². The lowest BCUT2D eigenvalue weighted by Gasteiger charge is -2.40. The third-order valence-electron chi connectivity index (χ3n) is 3.85. The van der Waals surface area contributed by atoms with Crippen molar-refractivity contribution in [2.75, 3.05) is 20.1 Å². The van der Waals surface area contributed by atoms with E-state index in [1.54, 1.807) is 19.3 Å². The molecule has 1 aliphatic rings. The lowest BCUT2D eigenvalue weighted by atomic mass is 9.86.